The van der Waals surface area contributed by atoms with Gasteiger partial charge in [0, 0.05) is 37.8 Å². The van der Waals surface area contributed by atoms with Crippen LogP contribution in [0.1, 0.15) is 52.4 Å². The highest BCUT2D eigenvalue weighted by Gasteiger charge is 2.53. The Kier molecular flexibility index (Phi) is 5.57. The van der Waals surface area contributed by atoms with Crippen LogP contribution in [0.5, 0.6) is 0 Å². The molecular formula is C17H32Cl2N2. The van der Waals surface area contributed by atoms with Crippen LogP contribution < -0.4 is 0 Å². The third kappa shape index (κ3) is 3.11. The highest BCUT2D eigenvalue weighted by atomic mass is 35.5. The van der Waals surface area contributed by atoms with Gasteiger partial charge >= 0.3 is 0 Å². The van der Waals surface area contributed by atoms with Crippen LogP contribution in [0.25, 0.3) is 0 Å². The van der Waals surface area contributed by atoms with E-state index in [0.717, 1.165) is 23.8 Å². The van der Waals surface area contributed by atoms with E-state index in [1.165, 1.54) is 26.2 Å². The van der Waals surface area contributed by atoms with Gasteiger partial charge < -0.3 is 0 Å². The Morgan fingerprint density at radius 2 is 1.19 bits per heavy atom. The molecule has 0 atom stereocenters. The molecule has 0 aromatic heterocycles. The molecular weight excluding hydrogens is 303 g/mol. The van der Waals surface area contributed by atoms with Crippen molar-refractivity contribution in [2.45, 2.75) is 64.0 Å². The van der Waals surface area contributed by atoms with Crippen molar-refractivity contribution < 1.29 is 0 Å². The van der Waals surface area contributed by atoms with E-state index in [0.29, 0.717) is 5.54 Å². The first-order valence-corrected chi connectivity index (χ1v) is 8.64. The molecule has 2 nitrogen and oxygen atoms in total. The summed E-state index contributed by atoms with van der Waals surface area (Å²) in [5, 5.41) is 0. The molecule has 0 aromatic carbocycles. The van der Waals surface area contributed by atoms with Gasteiger partial charge in [-0.2, -0.15) is 0 Å². The smallest absolute Gasteiger partial charge is 0.0218 e. The monoisotopic (exact) mass is 334 g/mol. The molecule has 4 heteroatoms. The zero-order chi connectivity index (χ0) is 13.0. The molecule has 5 fully saturated rings. The van der Waals surface area contributed by atoms with E-state index in [4.69, 9.17) is 0 Å². The first kappa shape index (κ1) is 17.8. The van der Waals surface area contributed by atoms with Crippen molar-refractivity contribution in [3.05, 3.63) is 0 Å². The second kappa shape index (κ2) is 6.55. The molecule has 0 aromatic rings. The zero-order valence-corrected chi connectivity index (χ0v) is 15.2. The van der Waals surface area contributed by atoms with E-state index >= 15 is 0 Å². The van der Waals surface area contributed by atoms with Crippen LogP contribution in [0, 0.1) is 17.8 Å². The maximum Gasteiger partial charge on any atom is 0.0218 e. The van der Waals surface area contributed by atoms with Crippen molar-refractivity contribution in [2.75, 3.05) is 26.2 Å². The first-order valence-electron chi connectivity index (χ1n) is 8.64. The summed E-state index contributed by atoms with van der Waals surface area (Å²) in [7, 11) is 0. The van der Waals surface area contributed by atoms with Gasteiger partial charge in [0.15, 0.2) is 0 Å². The summed E-state index contributed by atoms with van der Waals surface area (Å²) in [6.07, 6.45) is 9.35. The van der Waals surface area contributed by atoms with E-state index in [-0.39, 0.29) is 24.8 Å². The van der Waals surface area contributed by atoms with Crippen molar-refractivity contribution in [3.8, 4) is 0 Å². The Bertz CT molecular complexity index is 315. The Balaban J connectivity index is 0.000000807. The van der Waals surface area contributed by atoms with Gasteiger partial charge in [-0.05, 0) is 70.1 Å². The molecule has 124 valence electrons. The molecule has 21 heavy (non-hydrogen) atoms. The molecule has 4 aliphatic carbocycles. The Morgan fingerprint density at radius 1 is 0.762 bits per heavy atom. The molecule has 5 rings (SSSR count). The third-order valence-corrected chi connectivity index (χ3v) is 6.72. The average Bonchev–Trinajstić information content (AvgIpc) is 2.37. The quantitative estimate of drug-likeness (QED) is 0.757. The summed E-state index contributed by atoms with van der Waals surface area (Å²) in [4.78, 5) is 5.59. The molecule has 4 saturated carbocycles. The number of nitrogens with zero attached hydrogens (tertiary/aromatic N) is 2. The average molecular weight is 335 g/mol. The van der Waals surface area contributed by atoms with Gasteiger partial charge in [-0.1, -0.05) is 0 Å². The van der Waals surface area contributed by atoms with Crippen LogP contribution in [-0.2, 0) is 0 Å². The number of halogens is 2. The van der Waals surface area contributed by atoms with Crippen molar-refractivity contribution >= 4 is 24.8 Å². The fourth-order valence-corrected chi connectivity index (χ4v) is 6.16. The number of piperazine rings is 1. The van der Waals surface area contributed by atoms with Crippen LogP contribution in [-0.4, -0.2) is 47.6 Å². The molecule has 0 unspecified atom stereocenters. The van der Waals surface area contributed by atoms with Crippen LogP contribution >= 0.6 is 24.8 Å². The molecule has 1 saturated heterocycles. The van der Waals surface area contributed by atoms with E-state index in [2.05, 4.69) is 23.6 Å². The Hall–Kier alpha value is 0.500. The Morgan fingerprint density at radius 3 is 1.57 bits per heavy atom. The minimum Gasteiger partial charge on any atom is -0.298 e. The largest absolute Gasteiger partial charge is 0.298 e. The lowest BCUT2D eigenvalue weighted by Crippen LogP contribution is -2.64. The van der Waals surface area contributed by atoms with Crippen molar-refractivity contribution in [1.82, 2.24) is 9.80 Å². The predicted octanol–water partition coefficient (Wildman–Crippen LogP) is 3.82. The molecule has 0 radical (unpaired) electrons. The maximum atomic E-state index is 2.93. The fraction of sp³-hybridized carbons (Fsp3) is 1.00. The van der Waals surface area contributed by atoms with Gasteiger partial charge in [0.1, 0.15) is 0 Å². The van der Waals surface area contributed by atoms with Gasteiger partial charge in [-0.3, -0.25) is 9.80 Å². The number of rotatable bonds is 2. The lowest BCUT2D eigenvalue weighted by Gasteiger charge is -2.61. The van der Waals surface area contributed by atoms with E-state index in [1.807, 2.05) is 0 Å². The summed E-state index contributed by atoms with van der Waals surface area (Å²) in [5.41, 5.74) is 0.651. The number of hydrogen-bond donors (Lipinski definition) is 0. The summed E-state index contributed by atoms with van der Waals surface area (Å²) < 4.78 is 0. The normalized spacial score (nSPS) is 42.7. The topological polar surface area (TPSA) is 6.48 Å². The maximum absolute atomic E-state index is 2.93. The van der Waals surface area contributed by atoms with Gasteiger partial charge in [0.25, 0.3) is 0 Å². The molecule has 1 heterocycles. The summed E-state index contributed by atoms with van der Waals surface area (Å²) >= 11 is 0. The van der Waals surface area contributed by atoms with Gasteiger partial charge in [0.05, 0.1) is 0 Å². The van der Waals surface area contributed by atoms with Crippen LogP contribution in [0.2, 0.25) is 0 Å². The SMILES string of the molecule is CC(C)N1CCN(C23CC4CC(CC(C4)C2)C3)CC1.Cl.Cl. The zero-order valence-electron chi connectivity index (χ0n) is 13.6. The number of hydrogen-bond acceptors (Lipinski definition) is 2. The van der Waals surface area contributed by atoms with E-state index < -0.39 is 0 Å². The lowest BCUT2D eigenvalue weighted by molar-refractivity contribution is -0.103. The summed E-state index contributed by atoms with van der Waals surface area (Å²) in [5.74, 6) is 3.28. The van der Waals surface area contributed by atoms with Crippen molar-refractivity contribution in [2.24, 2.45) is 17.8 Å². The van der Waals surface area contributed by atoms with Crippen molar-refractivity contribution in [1.29, 1.82) is 0 Å². The van der Waals surface area contributed by atoms with Gasteiger partial charge in [-0.25, -0.2) is 0 Å². The summed E-state index contributed by atoms with van der Waals surface area (Å²) in [6.45, 7) is 9.98. The first-order chi connectivity index (χ1) is 9.14. The molecule has 1 aliphatic heterocycles. The third-order valence-electron chi connectivity index (χ3n) is 6.72. The molecule has 5 aliphatic rings. The highest BCUT2D eigenvalue weighted by Crippen LogP contribution is 2.57. The fourth-order valence-electron chi connectivity index (χ4n) is 6.16. The van der Waals surface area contributed by atoms with Gasteiger partial charge in [-0.15, -0.1) is 24.8 Å². The van der Waals surface area contributed by atoms with Crippen LogP contribution in [0.15, 0.2) is 0 Å². The summed E-state index contributed by atoms with van der Waals surface area (Å²) in [6, 6.07) is 0.735. The molecule has 0 amide bonds. The predicted molar refractivity (Wildman–Crippen MR) is 93.7 cm³/mol. The second-order valence-corrected chi connectivity index (χ2v) is 8.26. The molecule has 0 N–H and O–H groups in total. The van der Waals surface area contributed by atoms with Gasteiger partial charge in [0.2, 0.25) is 0 Å². The van der Waals surface area contributed by atoms with Crippen LogP contribution in [0.4, 0.5) is 0 Å². The molecule has 0 spiro atoms. The van der Waals surface area contributed by atoms with Crippen molar-refractivity contribution in [3.63, 3.8) is 0 Å². The van der Waals surface area contributed by atoms with E-state index in [1.54, 1.807) is 38.5 Å². The molecule has 4 bridgehead atoms. The minimum absolute atomic E-state index is 0. The second-order valence-electron chi connectivity index (χ2n) is 8.26. The Labute approximate surface area is 142 Å². The van der Waals surface area contributed by atoms with E-state index in [9.17, 15) is 0 Å². The highest BCUT2D eigenvalue weighted by molar-refractivity contribution is 5.85. The minimum atomic E-state index is 0. The lowest BCUT2D eigenvalue weighted by atomic mass is 9.52. The van der Waals surface area contributed by atoms with Crippen LogP contribution in [0.3, 0.4) is 0 Å². The standard InChI is InChI=1S/C17H30N2.2ClH/c1-13(2)18-3-5-19(6-4-18)17-10-14-7-15(11-17)9-16(8-14)12-17;;/h13-16H,3-12H2,1-2H3;2*1H.